The van der Waals surface area contributed by atoms with Crippen LogP contribution in [0.5, 0.6) is 0 Å². The number of aliphatic carboxylic acids is 1. The normalized spacial score (nSPS) is 19.0. The summed E-state index contributed by atoms with van der Waals surface area (Å²) < 4.78 is 11.9. The molecule has 1 aromatic rings. The van der Waals surface area contributed by atoms with Gasteiger partial charge in [0.15, 0.2) is 0 Å². The molecular weight excluding hydrogens is 690 g/mol. The van der Waals surface area contributed by atoms with Gasteiger partial charge >= 0.3 is 5.97 Å². The molecular formula is C41H67N5O8. The molecule has 0 aliphatic carbocycles. The lowest BCUT2D eigenvalue weighted by Gasteiger charge is -2.41. The molecule has 0 spiro atoms. The van der Waals surface area contributed by atoms with E-state index in [1.165, 1.54) is 14.2 Å². The first-order valence-electron chi connectivity index (χ1n) is 19.2. The minimum Gasteiger partial charge on any atom is -0.481 e. The molecule has 4 N–H and O–H groups in total. The van der Waals surface area contributed by atoms with E-state index in [1.807, 2.05) is 71.9 Å². The maximum absolute atomic E-state index is 14.2. The Kier molecular flexibility index (Phi) is 18.8. The molecule has 0 aromatic heterocycles. The summed E-state index contributed by atoms with van der Waals surface area (Å²) in [7, 11) is 6.44. The number of carbonyl (C=O) groups is 5. The van der Waals surface area contributed by atoms with E-state index >= 15 is 0 Å². The van der Waals surface area contributed by atoms with Gasteiger partial charge in [0.05, 0.1) is 48.6 Å². The maximum atomic E-state index is 14.2. The summed E-state index contributed by atoms with van der Waals surface area (Å²) in [5.41, 5.74) is 1.67. The van der Waals surface area contributed by atoms with Gasteiger partial charge in [-0.3, -0.25) is 24.0 Å². The summed E-state index contributed by atoms with van der Waals surface area (Å²) in [6.07, 6.45) is -0.0250. The van der Waals surface area contributed by atoms with Crippen molar-refractivity contribution in [2.45, 2.75) is 111 Å². The van der Waals surface area contributed by atoms with Gasteiger partial charge in [-0.1, -0.05) is 97.4 Å². The number of hydrogen-bond donors (Lipinski definition) is 4. The van der Waals surface area contributed by atoms with E-state index in [2.05, 4.69) is 22.5 Å². The minimum absolute atomic E-state index is 0.0159. The number of carbonyl (C=O) groups excluding carboxylic acids is 4. The molecule has 1 aromatic carbocycles. The van der Waals surface area contributed by atoms with Gasteiger partial charge in [-0.25, -0.2) is 0 Å². The Balaban J connectivity index is 2.27. The molecule has 1 aliphatic rings. The average molecular weight is 758 g/mol. The minimum atomic E-state index is -1.01. The number of rotatable bonds is 22. The van der Waals surface area contributed by atoms with E-state index in [0.717, 1.165) is 11.1 Å². The molecule has 4 amide bonds. The average Bonchev–Trinajstić information content (AvgIpc) is 3.52. The Hall–Kier alpha value is -3.81. The fraction of sp³-hybridized carbons (Fsp3) is 0.683. The number of ether oxygens (including phenoxy) is 2. The first-order valence-corrected chi connectivity index (χ1v) is 19.2. The molecule has 1 heterocycles. The summed E-state index contributed by atoms with van der Waals surface area (Å²) in [4.78, 5) is 70.4. The maximum Gasteiger partial charge on any atom is 0.308 e. The summed E-state index contributed by atoms with van der Waals surface area (Å²) in [5.74, 6) is -3.91. The highest BCUT2D eigenvalue weighted by Gasteiger charge is 2.44. The molecule has 1 fully saturated rings. The topological polar surface area (TPSA) is 167 Å². The van der Waals surface area contributed by atoms with Gasteiger partial charge < -0.3 is 40.3 Å². The fourth-order valence-corrected chi connectivity index (χ4v) is 7.53. The number of nitrogens with one attached hydrogen (secondary N) is 3. The number of carboxylic acid groups (broad SMARTS) is 1. The van der Waals surface area contributed by atoms with E-state index in [9.17, 15) is 29.1 Å². The molecule has 0 bridgehead atoms. The van der Waals surface area contributed by atoms with Crippen molar-refractivity contribution in [1.29, 1.82) is 0 Å². The van der Waals surface area contributed by atoms with Crippen LogP contribution in [0.2, 0.25) is 0 Å². The second kappa shape index (κ2) is 21.9. The van der Waals surface area contributed by atoms with Gasteiger partial charge in [-0.05, 0) is 43.2 Å². The highest BCUT2D eigenvalue weighted by atomic mass is 16.5. The second-order valence-electron chi connectivity index (χ2n) is 15.5. The van der Waals surface area contributed by atoms with Crippen LogP contribution in [0.1, 0.15) is 73.3 Å². The summed E-state index contributed by atoms with van der Waals surface area (Å²) in [6, 6.07) is 7.00. The van der Waals surface area contributed by atoms with Crippen LogP contribution >= 0.6 is 0 Å². The Labute approximate surface area is 323 Å². The van der Waals surface area contributed by atoms with Crippen LogP contribution in [0.3, 0.4) is 0 Å². The SMILES string of the molecule is C=C1C[C@@H]([C@H](OC)[C@@H](C)C(=O)NC[C@@H](Cc2ccccc2)C(=O)O)N(C(=O)CC(OC)C([C@@H](C)CC)N(C)C(=O)[C@@H](NC(=O)C(NC)C(C)C)C(C)C)C1. The first-order chi connectivity index (χ1) is 25.4. The van der Waals surface area contributed by atoms with Crippen LogP contribution < -0.4 is 16.0 Å². The molecule has 1 saturated heterocycles. The van der Waals surface area contributed by atoms with E-state index in [1.54, 1.807) is 30.8 Å². The Bertz CT molecular complexity index is 1400. The van der Waals surface area contributed by atoms with Crippen molar-refractivity contribution in [3.63, 3.8) is 0 Å². The molecule has 0 radical (unpaired) electrons. The van der Waals surface area contributed by atoms with E-state index < -0.39 is 54.2 Å². The van der Waals surface area contributed by atoms with Gasteiger partial charge in [0.1, 0.15) is 6.04 Å². The molecule has 54 heavy (non-hydrogen) atoms. The third kappa shape index (κ3) is 12.4. The van der Waals surface area contributed by atoms with Gasteiger partial charge in [-0.15, -0.1) is 0 Å². The second-order valence-corrected chi connectivity index (χ2v) is 15.5. The van der Waals surface area contributed by atoms with Crippen LogP contribution in [-0.4, -0.2) is 122 Å². The zero-order valence-electron chi connectivity index (χ0n) is 34.4. The molecule has 9 atom stereocenters. The highest BCUT2D eigenvalue weighted by Crippen LogP contribution is 2.31. The fourth-order valence-electron chi connectivity index (χ4n) is 7.53. The van der Waals surface area contributed by atoms with Crippen LogP contribution in [0.4, 0.5) is 0 Å². The Morgan fingerprint density at radius 1 is 0.963 bits per heavy atom. The first kappa shape index (κ1) is 46.3. The Morgan fingerprint density at radius 3 is 2.07 bits per heavy atom. The third-order valence-corrected chi connectivity index (χ3v) is 10.9. The zero-order chi connectivity index (χ0) is 40.9. The van der Waals surface area contributed by atoms with Crippen molar-refractivity contribution in [2.24, 2.45) is 29.6 Å². The molecule has 13 nitrogen and oxygen atoms in total. The number of likely N-dealkylation sites (tertiary alicyclic amines) is 1. The van der Waals surface area contributed by atoms with Crippen LogP contribution in [0, 0.1) is 29.6 Å². The van der Waals surface area contributed by atoms with Crippen molar-refractivity contribution in [3.8, 4) is 0 Å². The Morgan fingerprint density at radius 2 is 1.57 bits per heavy atom. The number of amides is 4. The number of hydrogen-bond acceptors (Lipinski definition) is 8. The molecule has 1 aliphatic heterocycles. The van der Waals surface area contributed by atoms with Crippen LogP contribution in [0.25, 0.3) is 0 Å². The molecule has 2 rings (SSSR count). The lowest BCUT2D eigenvalue weighted by molar-refractivity contribution is -0.148. The molecule has 304 valence electrons. The summed E-state index contributed by atoms with van der Waals surface area (Å²) in [6.45, 7) is 17.8. The smallest absolute Gasteiger partial charge is 0.308 e. The summed E-state index contributed by atoms with van der Waals surface area (Å²) >= 11 is 0. The largest absolute Gasteiger partial charge is 0.481 e. The van der Waals surface area contributed by atoms with E-state index in [-0.39, 0.29) is 67.3 Å². The monoisotopic (exact) mass is 757 g/mol. The molecule has 13 heteroatoms. The van der Waals surface area contributed by atoms with Crippen LogP contribution in [0.15, 0.2) is 42.5 Å². The number of nitrogens with zero attached hydrogens (tertiary/aromatic N) is 2. The number of benzene rings is 1. The van der Waals surface area contributed by atoms with Crippen molar-refractivity contribution in [1.82, 2.24) is 25.8 Å². The van der Waals surface area contributed by atoms with Gasteiger partial charge in [-0.2, -0.15) is 0 Å². The van der Waals surface area contributed by atoms with E-state index in [4.69, 9.17) is 9.47 Å². The quantitative estimate of drug-likeness (QED) is 0.130. The van der Waals surface area contributed by atoms with Crippen molar-refractivity contribution >= 4 is 29.6 Å². The molecule has 3 unspecified atom stereocenters. The number of carboxylic acids is 1. The molecule has 0 saturated carbocycles. The lowest BCUT2D eigenvalue weighted by atomic mass is 9.89. The van der Waals surface area contributed by atoms with Gasteiger partial charge in [0.25, 0.3) is 0 Å². The standard InChI is InChI=1S/C41H67N5O8/c1-13-27(7)36(45(10)40(50)35(25(4)5)44-39(49)34(42-9)24(2)3)32(53-11)21-33(47)46-23-26(6)19-31(46)37(54-12)28(8)38(48)43-22-30(41(51)52)20-29-17-15-14-16-18-29/h14-18,24-25,27-28,30-32,34-37,42H,6,13,19-23H2,1-5,7-12H3,(H,43,48)(H,44,49)(H,51,52)/t27-,28+,30+,31-,32?,34?,35-,36?,37+/m0/s1. The predicted molar refractivity (Wildman–Crippen MR) is 209 cm³/mol. The highest BCUT2D eigenvalue weighted by molar-refractivity contribution is 5.90. The number of methoxy groups -OCH3 is 2. The van der Waals surface area contributed by atoms with Crippen molar-refractivity contribution in [2.75, 3.05) is 41.4 Å². The van der Waals surface area contributed by atoms with Gasteiger partial charge in [0, 0.05) is 34.4 Å². The van der Waals surface area contributed by atoms with Gasteiger partial charge in [0.2, 0.25) is 23.6 Å². The predicted octanol–water partition coefficient (Wildman–Crippen LogP) is 3.52. The third-order valence-electron chi connectivity index (χ3n) is 10.9. The van der Waals surface area contributed by atoms with Crippen LogP contribution in [-0.2, 0) is 39.9 Å². The lowest BCUT2D eigenvalue weighted by Crippen LogP contribution is -2.59. The van der Waals surface area contributed by atoms with Crippen molar-refractivity contribution < 1.29 is 38.6 Å². The van der Waals surface area contributed by atoms with E-state index in [0.29, 0.717) is 12.8 Å². The zero-order valence-corrected chi connectivity index (χ0v) is 34.4. The van der Waals surface area contributed by atoms with Crippen molar-refractivity contribution in [3.05, 3.63) is 48.0 Å². The summed E-state index contributed by atoms with van der Waals surface area (Å²) in [5, 5.41) is 18.7. The number of likely N-dealkylation sites (N-methyl/N-ethyl adjacent to an activating group) is 2.